The first-order chi connectivity index (χ1) is 8.90. The van der Waals surface area contributed by atoms with Crippen LogP contribution in [-0.4, -0.2) is 42.8 Å². The van der Waals surface area contributed by atoms with Gasteiger partial charge in [-0.05, 0) is 65.5 Å². The summed E-state index contributed by atoms with van der Waals surface area (Å²) in [6.07, 6.45) is 4.56. The van der Waals surface area contributed by atoms with E-state index < -0.39 is 5.60 Å². The lowest BCUT2D eigenvalue weighted by Gasteiger charge is -2.32. The van der Waals surface area contributed by atoms with E-state index in [0.717, 1.165) is 18.9 Å². The average molecular weight is 270 g/mol. The topological polar surface area (TPSA) is 41.6 Å². The van der Waals surface area contributed by atoms with Crippen LogP contribution in [0.4, 0.5) is 4.79 Å². The van der Waals surface area contributed by atoms with Gasteiger partial charge >= 0.3 is 6.09 Å². The Morgan fingerprint density at radius 1 is 1.42 bits per heavy atom. The van der Waals surface area contributed by atoms with E-state index in [9.17, 15) is 4.79 Å². The van der Waals surface area contributed by atoms with Crippen LogP contribution in [0.1, 0.15) is 53.4 Å². The Bertz CT molecular complexity index is 272. The van der Waals surface area contributed by atoms with Crippen LogP contribution < -0.4 is 5.32 Å². The van der Waals surface area contributed by atoms with Gasteiger partial charge in [0.25, 0.3) is 0 Å². The Kier molecular flexibility index (Phi) is 6.63. The van der Waals surface area contributed by atoms with Crippen molar-refractivity contribution in [2.24, 2.45) is 5.92 Å². The van der Waals surface area contributed by atoms with Crippen LogP contribution in [0.25, 0.3) is 0 Å². The van der Waals surface area contributed by atoms with Gasteiger partial charge in [-0.1, -0.05) is 6.92 Å². The molecule has 1 fully saturated rings. The van der Waals surface area contributed by atoms with Gasteiger partial charge in [0, 0.05) is 13.1 Å². The van der Waals surface area contributed by atoms with Gasteiger partial charge < -0.3 is 15.0 Å². The molecule has 1 rings (SSSR count). The van der Waals surface area contributed by atoms with Crippen LogP contribution in [0.2, 0.25) is 0 Å². The zero-order valence-electron chi connectivity index (χ0n) is 13.0. The molecule has 0 saturated carbocycles. The third kappa shape index (κ3) is 7.41. The van der Waals surface area contributed by atoms with Crippen molar-refractivity contribution < 1.29 is 9.53 Å². The minimum absolute atomic E-state index is 0.297. The van der Waals surface area contributed by atoms with E-state index in [-0.39, 0.29) is 6.09 Å². The highest BCUT2D eigenvalue weighted by Crippen LogP contribution is 2.19. The Morgan fingerprint density at radius 3 is 2.79 bits per heavy atom. The predicted octanol–water partition coefficient (Wildman–Crippen LogP) is 3.02. The predicted molar refractivity (Wildman–Crippen MR) is 78.3 cm³/mol. The number of carbonyl (C=O) groups excluding carboxylic acids is 1. The first kappa shape index (κ1) is 16.3. The molecule has 4 nitrogen and oxygen atoms in total. The maximum atomic E-state index is 11.5. The second-order valence-corrected chi connectivity index (χ2v) is 6.53. The summed E-state index contributed by atoms with van der Waals surface area (Å²) in [5.41, 5.74) is -0.410. The molecule has 19 heavy (non-hydrogen) atoms. The summed E-state index contributed by atoms with van der Waals surface area (Å²) >= 11 is 0. The van der Waals surface area contributed by atoms with Crippen molar-refractivity contribution in [3.8, 4) is 0 Å². The summed E-state index contributed by atoms with van der Waals surface area (Å²) in [4.78, 5) is 14.1. The van der Waals surface area contributed by atoms with E-state index in [2.05, 4.69) is 17.1 Å². The quantitative estimate of drug-likeness (QED) is 0.835. The third-order valence-corrected chi connectivity index (χ3v) is 3.36. The molecule has 0 spiro atoms. The number of rotatable bonds is 5. The zero-order valence-corrected chi connectivity index (χ0v) is 13.0. The Hall–Kier alpha value is -0.770. The number of ether oxygens (including phenoxy) is 1. The third-order valence-electron chi connectivity index (χ3n) is 3.36. The molecule has 0 aliphatic carbocycles. The molecular weight excluding hydrogens is 240 g/mol. The van der Waals surface area contributed by atoms with Gasteiger partial charge in [-0.15, -0.1) is 0 Å². The van der Waals surface area contributed by atoms with E-state index in [0.29, 0.717) is 0 Å². The van der Waals surface area contributed by atoms with Crippen LogP contribution >= 0.6 is 0 Å². The molecule has 1 saturated heterocycles. The fourth-order valence-corrected chi connectivity index (χ4v) is 2.60. The van der Waals surface area contributed by atoms with Gasteiger partial charge in [-0.2, -0.15) is 0 Å². The molecule has 1 N–H and O–H groups in total. The second kappa shape index (κ2) is 7.73. The Morgan fingerprint density at radius 2 is 2.16 bits per heavy atom. The van der Waals surface area contributed by atoms with Gasteiger partial charge in [0.2, 0.25) is 0 Å². The lowest BCUT2D eigenvalue weighted by molar-refractivity contribution is 0.0521. The molecule has 0 aromatic rings. The molecule has 4 heteroatoms. The van der Waals surface area contributed by atoms with E-state index >= 15 is 0 Å². The standard InChI is InChI=1S/C15H30N2O2/c1-5-10-17-11-6-7-13(12-17)8-9-16-14(18)19-15(2,3)4/h13H,5-12H2,1-4H3,(H,16,18). The van der Waals surface area contributed by atoms with Crippen molar-refractivity contribution in [2.45, 2.75) is 59.0 Å². The zero-order chi connectivity index (χ0) is 14.3. The molecule has 1 aliphatic rings. The summed E-state index contributed by atoms with van der Waals surface area (Å²) in [6, 6.07) is 0. The molecule has 1 aliphatic heterocycles. The lowest BCUT2D eigenvalue weighted by atomic mass is 9.95. The molecular formula is C15H30N2O2. The smallest absolute Gasteiger partial charge is 0.407 e. The van der Waals surface area contributed by atoms with Gasteiger partial charge in [0.05, 0.1) is 0 Å². The number of hydrogen-bond donors (Lipinski definition) is 1. The molecule has 0 aromatic carbocycles. The number of alkyl carbamates (subject to hydrolysis) is 1. The van der Waals surface area contributed by atoms with Crippen molar-refractivity contribution in [3.63, 3.8) is 0 Å². The second-order valence-electron chi connectivity index (χ2n) is 6.53. The van der Waals surface area contributed by atoms with Gasteiger partial charge in [-0.25, -0.2) is 4.79 Å². The van der Waals surface area contributed by atoms with E-state index in [1.165, 1.54) is 38.9 Å². The Labute approximate surface area is 117 Å². The number of nitrogens with one attached hydrogen (secondary N) is 1. The van der Waals surface area contributed by atoms with Crippen LogP contribution in [-0.2, 0) is 4.74 Å². The summed E-state index contributed by atoms with van der Waals surface area (Å²) in [5.74, 6) is 0.718. The van der Waals surface area contributed by atoms with Crippen molar-refractivity contribution >= 4 is 6.09 Å². The normalized spacial score (nSPS) is 21.2. The summed E-state index contributed by atoms with van der Waals surface area (Å²) in [5, 5.41) is 2.85. The minimum atomic E-state index is -0.410. The Balaban J connectivity index is 2.16. The monoisotopic (exact) mass is 270 g/mol. The molecule has 0 bridgehead atoms. The van der Waals surface area contributed by atoms with Crippen molar-refractivity contribution in [1.29, 1.82) is 0 Å². The van der Waals surface area contributed by atoms with Crippen LogP contribution in [0.15, 0.2) is 0 Å². The highest BCUT2D eigenvalue weighted by Gasteiger charge is 2.20. The molecule has 1 atom stereocenters. The van der Waals surface area contributed by atoms with Crippen molar-refractivity contribution in [2.75, 3.05) is 26.2 Å². The summed E-state index contributed by atoms with van der Waals surface area (Å²) in [6.45, 7) is 12.2. The average Bonchev–Trinajstić information content (AvgIpc) is 2.27. The molecule has 1 heterocycles. The highest BCUT2D eigenvalue weighted by molar-refractivity contribution is 5.67. The fourth-order valence-electron chi connectivity index (χ4n) is 2.60. The summed E-state index contributed by atoms with van der Waals surface area (Å²) < 4.78 is 5.23. The van der Waals surface area contributed by atoms with Gasteiger partial charge in [0.1, 0.15) is 5.60 Å². The first-order valence-corrected chi connectivity index (χ1v) is 7.60. The van der Waals surface area contributed by atoms with Crippen LogP contribution in [0, 0.1) is 5.92 Å². The maximum Gasteiger partial charge on any atom is 0.407 e. The fraction of sp³-hybridized carbons (Fsp3) is 0.933. The van der Waals surface area contributed by atoms with Crippen LogP contribution in [0.3, 0.4) is 0 Å². The maximum absolute atomic E-state index is 11.5. The van der Waals surface area contributed by atoms with E-state index in [1.54, 1.807) is 0 Å². The van der Waals surface area contributed by atoms with Crippen molar-refractivity contribution in [1.82, 2.24) is 10.2 Å². The van der Waals surface area contributed by atoms with E-state index in [4.69, 9.17) is 4.74 Å². The first-order valence-electron chi connectivity index (χ1n) is 7.60. The number of nitrogens with zero attached hydrogens (tertiary/aromatic N) is 1. The SMILES string of the molecule is CCCN1CCCC(CCNC(=O)OC(C)(C)C)C1. The van der Waals surface area contributed by atoms with Crippen molar-refractivity contribution in [3.05, 3.63) is 0 Å². The van der Waals surface area contributed by atoms with Gasteiger partial charge in [0.15, 0.2) is 0 Å². The number of piperidine rings is 1. The lowest BCUT2D eigenvalue weighted by Crippen LogP contribution is -2.38. The van der Waals surface area contributed by atoms with Gasteiger partial charge in [-0.3, -0.25) is 0 Å². The molecule has 1 unspecified atom stereocenters. The van der Waals surface area contributed by atoms with E-state index in [1.807, 2.05) is 20.8 Å². The summed E-state index contributed by atoms with van der Waals surface area (Å²) in [7, 11) is 0. The molecule has 0 radical (unpaired) electrons. The number of amides is 1. The minimum Gasteiger partial charge on any atom is -0.444 e. The van der Waals surface area contributed by atoms with Crippen LogP contribution in [0.5, 0.6) is 0 Å². The molecule has 0 aromatic heterocycles. The number of hydrogen-bond acceptors (Lipinski definition) is 3. The number of likely N-dealkylation sites (tertiary alicyclic amines) is 1. The highest BCUT2D eigenvalue weighted by atomic mass is 16.6. The molecule has 1 amide bonds. The number of carbonyl (C=O) groups is 1. The largest absolute Gasteiger partial charge is 0.444 e. The molecule has 112 valence electrons.